The van der Waals surface area contributed by atoms with Crippen LogP contribution in [0.15, 0.2) is 42.5 Å². The number of nitrogens with zero attached hydrogens (tertiary/aromatic N) is 3. The molecule has 4 rings (SSSR count). The van der Waals surface area contributed by atoms with Crippen molar-refractivity contribution in [2.24, 2.45) is 5.92 Å². The Bertz CT molecular complexity index is 1210. The number of carbonyl (C=O) groups is 1. The lowest BCUT2D eigenvalue weighted by molar-refractivity contribution is -0.137. The summed E-state index contributed by atoms with van der Waals surface area (Å²) in [6.45, 7) is -0.0436. The van der Waals surface area contributed by atoms with E-state index < -0.39 is 11.7 Å². The fourth-order valence-electron chi connectivity index (χ4n) is 4.36. The minimum Gasteiger partial charge on any atom is -0.362 e. The van der Waals surface area contributed by atoms with Gasteiger partial charge in [0.1, 0.15) is 5.82 Å². The normalized spacial score (nSPS) is 18.3. The number of aromatic nitrogens is 2. The number of alkyl halides is 3. The quantitative estimate of drug-likeness (QED) is 0.452. The fraction of sp³-hybridized carbons (Fsp3) is 0.400. The zero-order valence-corrected chi connectivity index (χ0v) is 20.2. The molecular weight excluding hydrogens is 479 g/mol. The first-order valence-corrected chi connectivity index (χ1v) is 11.8. The van der Waals surface area contributed by atoms with Crippen molar-refractivity contribution in [2.75, 3.05) is 24.3 Å². The summed E-state index contributed by atoms with van der Waals surface area (Å²) >= 11 is 6.04. The fourth-order valence-corrected chi connectivity index (χ4v) is 4.55. The van der Waals surface area contributed by atoms with Crippen LogP contribution in [0.3, 0.4) is 0 Å². The monoisotopic (exact) mass is 505 g/mol. The molecular formula is C25H27ClF3N5O. The Morgan fingerprint density at radius 3 is 2.49 bits per heavy atom. The van der Waals surface area contributed by atoms with Gasteiger partial charge < -0.3 is 15.5 Å². The van der Waals surface area contributed by atoms with Crippen LogP contribution in [0.25, 0.3) is 10.9 Å². The molecule has 0 saturated heterocycles. The van der Waals surface area contributed by atoms with E-state index in [-0.39, 0.29) is 35.0 Å². The summed E-state index contributed by atoms with van der Waals surface area (Å²) in [6, 6.07) is 11.1. The minimum absolute atomic E-state index is 0.0436. The highest BCUT2D eigenvalue weighted by Crippen LogP contribution is 2.32. The number of hydrogen-bond donors (Lipinski definition) is 2. The second kappa shape index (κ2) is 10.3. The van der Waals surface area contributed by atoms with Gasteiger partial charge in [0.05, 0.1) is 11.1 Å². The molecule has 35 heavy (non-hydrogen) atoms. The predicted molar refractivity (Wildman–Crippen MR) is 132 cm³/mol. The molecule has 3 aromatic rings. The summed E-state index contributed by atoms with van der Waals surface area (Å²) in [4.78, 5) is 23.9. The van der Waals surface area contributed by atoms with E-state index in [1.54, 1.807) is 0 Å². The number of para-hydroxylation sites is 1. The molecule has 1 heterocycles. The van der Waals surface area contributed by atoms with Crippen LogP contribution in [-0.2, 0) is 17.5 Å². The standard InChI is InChI=1S/C25H27ClF3N5O/c1-34(2)22-19-5-3-4-6-21(19)32-24(33-22)31-18-10-7-15(8-11-18)23(35)30-14-16-13-17(25(27,28)29)9-12-20(16)26/h3-6,9,12-13,15,18H,7-8,10-11,14H2,1-2H3,(H,30,35)(H,31,32,33)/t15-,18+. The highest BCUT2D eigenvalue weighted by atomic mass is 35.5. The Labute approximate surface area is 206 Å². The molecule has 10 heteroatoms. The van der Waals surface area contributed by atoms with E-state index >= 15 is 0 Å². The molecule has 1 saturated carbocycles. The highest BCUT2D eigenvalue weighted by Gasteiger charge is 2.31. The molecule has 0 bridgehead atoms. The summed E-state index contributed by atoms with van der Waals surface area (Å²) in [5, 5.41) is 7.33. The van der Waals surface area contributed by atoms with Crippen molar-refractivity contribution in [3.05, 3.63) is 58.6 Å². The third-order valence-corrected chi connectivity index (χ3v) is 6.63. The summed E-state index contributed by atoms with van der Waals surface area (Å²) in [6.07, 6.45) is -1.62. The van der Waals surface area contributed by atoms with Crippen molar-refractivity contribution in [1.82, 2.24) is 15.3 Å². The molecule has 1 amide bonds. The highest BCUT2D eigenvalue weighted by molar-refractivity contribution is 6.31. The van der Waals surface area contributed by atoms with Gasteiger partial charge in [-0.15, -0.1) is 0 Å². The maximum absolute atomic E-state index is 13.0. The van der Waals surface area contributed by atoms with E-state index in [1.165, 1.54) is 6.07 Å². The van der Waals surface area contributed by atoms with Gasteiger partial charge in [-0.2, -0.15) is 18.2 Å². The van der Waals surface area contributed by atoms with Crippen molar-refractivity contribution in [3.8, 4) is 0 Å². The Hall–Kier alpha value is -3.07. The molecule has 0 aliphatic heterocycles. The first-order chi connectivity index (χ1) is 16.6. The second-order valence-electron chi connectivity index (χ2n) is 9.00. The molecule has 2 aromatic carbocycles. The molecule has 1 fully saturated rings. The Kier molecular flexibility index (Phi) is 7.35. The number of benzene rings is 2. The molecule has 0 spiro atoms. The molecule has 1 aromatic heterocycles. The van der Waals surface area contributed by atoms with E-state index in [9.17, 15) is 18.0 Å². The van der Waals surface area contributed by atoms with Crippen LogP contribution in [0.5, 0.6) is 0 Å². The van der Waals surface area contributed by atoms with Gasteiger partial charge >= 0.3 is 6.18 Å². The first kappa shape index (κ1) is 25.0. The molecule has 0 radical (unpaired) electrons. The minimum atomic E-state index is -4.46. The third-order valence-electron chi connectivity index (χ3n) is 6.26. The zero-order chi connectivity index (χ0) is 25.2. The van der Waals surface area contributed by atoms with Gasteiger partial charge in [-0.3, -0.25) is 4.79 Å². The van der Waals surface area contributed by atoms with Gasteiger partial charge in [-0.25, -0.2) is 4.98 Å². The lowest BCUT2D eigenvalue weighted by Crippen LogP contribution is -2.36. The number of amides is 1. The number of carbonyl (C=O) groups excluding carboxylic acids is 1. The third kappa shape index (κ3) is 5.96. The topological polar surface area (TPSA) is 70.2 Å². The number of nitrogens with one attached hydrogen (secondary N) is 2. The Balaban J connectivity index is 1.33. The average molecular weight is 506 g/mol. The van der Waals surface area contributed by atoms with E-state index in [4.69, 9.17) is 11.6 Å². The molecule has 0 unspecified atom stereocenters. The lowest BCUT2D eigenvalue weighted by Gasteiger charge is -2.29. The maximum atomic E-state index is 13.0. The smallest absolute Gasteiger partial charge is 0.362 e. The van der Waals surface area contributed by atoms with Crippen LogP contribution >= 0.6 is 11.6 Å². The summed E-state index contributed by atoms with van der Waals surface area (Å²) in [5.74, 6) is 1.01. The van der Waals surface area contributed by atoms with Crippen molar-refractivity contribution in [1.29, 1.82) is 0 Å². The number of halogens is 4. The summed E-state index contributed by atoms with van der Waals surface area (Å²) in [7, 11) is 3.88. The van der Waals surface area contributed by atoms with Gasteiger partial charge in [-0.1, -0.05) is 23.7 Å². The first-order valence-electron chi connectivity index (χ1n) is 11.5. The number of anilines is 2. The van der Waals surface area contributed by atoms with E-state index in [0.717, 1.165) is 41.7 Å². The van der Waals surface area contributed by atoms with Crippen LogP contribution in [0.4, 0.5) is 24.9 Å². The SMILES string of the molecule is CN(C)c1nc(N[C@H]2CC[C@@H](C(=O)NCc3cc(C(F)(F)F)ccc3Cl)CC2)nc2ccccc12. The predicted octanol–water partition coefficient (Wildman–Crippen LogP) is 5.66. The molecule has 6 nitrogen and oxygen atoms in total. The van der Waals surface area contributed by atoms with Gasteiger partial charge in [0.25, 0.3) is 0 Å². The van der Waals surface area contributed by atoms with Crippen LogP contribution in [0.1, 0.15) is 36.8 Å². The van der Waals surface area contributed by atoms with E-state index in [1.807, 2.05) is 43.3 Å². The van der Waals surface area contributed by atoms with Gasteiger partial charge in [0.15, 0.2) is 0 Å². The molecule has 0 atom stereocenters. The van der Waals surface area contributed by atoms with Gasteiger partial charge in [0, 0.05) is 43.0 Å². The van der Waals surface area contributed by atoms with Gasteiger partial charge in [-0.05, 0) is 61.6 Å². The zero-order valence-electron chi connectivity index (χ0n) is 19.5. The average Bonchev–Trinajstić information content (AvgIpc) is 2.82. The van der Waals surface area contributed by atoms with Crippen molar-refractivity contribution < 1.29 is 18.0 Å². The summed E-state index contributed by atoms with van der Waals surface area (Å²) in [5.41, 5.74) is 0.316. The van der Waals surface area contributed by atoms with Crippen LogP contribution in [-0.4, -0.2) is 36.0 Å². The van der Waals surface area contributed by atoms with Crippen LogP contribution in [0.2, 0.25) is 5.02 Å². The lowest BCUT2D eigenvalue weighted by atomic mass is 9.85. The maximum Gasteiger partial charge on any atom is 0.416 e. The van der Waals surface area contributed by atoms with Crippen LogP contribution in [0, 0.1) is 5.92 Å². The van der Waals surface area contributed by atoms with E-state index in [0.29, 0.717) is 18.8 Å². The van der Waals surface area contributed by atoms with E-state index in [2.05, 4.69) is 20.6 Å². The molecule has 1 aliphatic rings. The largest absolute Gasteiger partial charge is 0.416 e. The van der Waals surface area contributed by atoms with Crippen molar-refractivity contribution in [2.45, 2.75) is 44.4 Å². The van der Waals surface area contributed by atoms with Crippen molar-refractivity contribution in [3.63, 3.8) is 0 Å². The number of fused-ring (bicyclic) bond motifs is 1. The van der Waals surface area contributed by atoms with Gasteiger partial charge in [0.2, 0.25) is 11.9 Å². The Morgan fingerprint density at radius 1 is 1.09 bits per heavy atom. The Morgan fingerprint density at radius 2 is 1.80 bits per heavy atom. The van der Waals surface area contributed by atoms with Crippen LogP contribution < -0.4 is 15.5 Å². The summed E-state index contributed by atoms with van der Waals surface area (Å²) < 4.78 is 38.9. The molecule has 1 aliphatic carbocycles. The molecule has 2 N–H and O–H groups in total. The number of rotatable bonds is 6. The molecule has 186 valence electrons. The van der Waals surface area contributed by atoms with Crippen molar-refractivity contribution >= 4 is 40.2 Å². The second-order valence-corrected chi connectivity index (χ2v) is 9.40. The number of hydrogen-bond acceptors (Lipinski definition) is 5.